The van der Waals surface area contributed by atoms with E-state index in [9.17, 15) is 22.0 Å². The minimum Gasteiger partial charge on any atom is -0.497 e. The minimum absolute atomic E-state index is 0.0278. The summed E-state index contributed by atoms with van der Waals surface area (Å²) < 4.78 is 59.7. The number of hydrogen-bond acceptors (Lipinski definition) is 5. The number of rotatable bonds is 12. The molecule has 0 aliphatic rings. The van der Waals surface area contributed by atoms with Crippen LogP contribution in [-0.4, -0.2) is 40.3 Å². The second-order valence-electron chi connectivity index (χ2n) is 7.51. The van der Waals surface area contributed by atoms with Crippen molar-refractivity contribution < 1.29 is 26.7 Å². The lowest BCUT2D eigenvalue weighted by molar-refractivity contribution is -0.119. The Bertz CT molecular complexity index is 1220. The van der Waals surface area contributed by atoms with Crippen LogP contribution in [0.4, 0.5) is 14.5 Å². The number of sulfonamides is 1. The van der Waals surface area contributed by atoms with Gasteiger partial charge in [0.2, 0.25) is 5.91 Å². The zero-order valence-corrected chi connectivity index (χ0v) is 20.7. The van der Waals surface area contributed by atoms with E-state index in [2.05, 4.69) is 5.32 Å². The lowest BCUT2D eigenvalue weighted by Gasteiger charge is -2.24. The first kappa shape index (κ1) is 26.5. The Hall–Kier alpha value is -3.11. The number of methoxy groups -OCH3 is 1. The van der Waals surface area contributed by atoms with Gasteiger partial charge in [-0.2, -0.15) is 11.8 Å². The quantitative estimate of drug-likeness (QED) is 0.353. The van der Waals surface area contributed by atoms with E-state index in [1.165, 1.54) is 49.6 Å². The first-order chi connectivity index (χ1) is 16.8. The molecule has 0 heterocycles. The summed E-state index contributed by atoms with van der Waals surface area (Å²) in [6.45, 7) is -0.134. The molecule has 0 unspecified atom stereocenters. The minimum atomic E-state index is -4.11. The Kier molecular flexibility index (Phi) is 9.50. The predicted molar refractivity (Wildman–Crippen MR) is 134 cm³/mol. The number of thioether (sulfide) groups is 1. The van der Waals surface area contributed by atoms with Gasteiger partial charge in [-0.15, -0.1) is 0 Å². The third-order valence-electron chi connectivity index (χ3n) is 5.05. The maximum atomic E-state index is 13.7. The molecule has 0 aliphatic carbocycles. The summed E-state index contributed by atoms with van der Waals surface area (Å²) in [6, 6.07) is 17.3. The first-order valence-corrected chi connectivity index (χ1v) is 13.4. The van der Waals surface area contributed by atoms with Crippen molar-refractivity contribution in [2.24, 2.45) is 0 Å². The monoisotopic (exact) mass is 520 g/mol. The number of halogens is 2. The van der Waals surface area contributed by atoms with Crippen LogP contribution in [-0.2, 0) is 20.6 Å². The van der Waals surface area contributed by atoms with Crippen LogP contribution in [0.2, 0.25) is 0 Å². The highest BCUT2D eigenvalue weighted by atomic mass is 32.2. The highest BCUT2D eigenvalue weighted by molar-refractivity contribution is 7.98. The fourth-order valence-electron chi connectivity index (χ4n) is 3.18. The fraction of sp³-hybridized carbons (Fsp3) is 0.240. The molecule has 3 rings (SSSR count). The Labute approximate surface area is 208 Å². The lowest BCUT2D eigenvalue weighted by atomic mass is 10.2. The van der Waals surface area contributed by atoms with Crippen LogP contribution in [0.25, 0.3) is 0 Å². The zero-order valence-electron chi connectivity index (χ0n) is 19.1. The van der Waals surface area contributed by atoms with Crippen molar-refractivity contribution in [2.75, 3.05) is 30.3 Å². The number of ether oxygens (including phenoxy) is 1. The molecule has 0 fully saturated rings. The van der Waals surface area contributed by atoms with Crippen LogP contribution in [0, 0.1) is 11.6 Å². The molecule has 0 saturated heterocycles. The molecule has 0 radical (unpaired) electrons. The second kappa shape index (κ2) is 12.6. The third kappa shape index (κ3) is 7.43. The maximum Gasteiger partial charge on any atom is 0.264 e. The van der Waals surface area contributed by atoms with Gasteiger partial charge in [-0.1, -0.05) is 18.2 Å². The van der Waals surface area contributed by atoms with E-state index < -0.39 is 28.3 Å². The first-order valence-electron chi connectivity index (χ1n) is 10.8. The van der Waals surface area contributed by atoms with Gasteiger partial charge in [0, 0.05) is 12.3 Å². The van der Waals surface area contributed by atoms with E-state index in [-0.39, 0.29) is 16.4 Å². The average molecular weight is 521 g/mol. The number of nitrogens with zero attached hydrogens (tertiary/aromatic N) is 1. The summed E-state index contributed by atoms with van der Waals surface area (Å²) in [5, 5.41) is 2.72. The SMILES string of the molecule is COc1ccc(S(=O)(=O)N(CC(=O)NCCCSCc2ccccc2F)c2ccc(F)cc2)cc1. The van der Waals surface area contributed by atoms with Crippen LogP contribution in [0.1, 0.15) is 12.0 Å². The standard InChI is InChI=1S/C25H26F2N2O4S2/c1-33-22-11-13-23(14-12-22)35(31,32)29(21-9-7-20(26)8-10-21)17-25(30)28-15-4-16-34-18-19-5-2-3-6-24(19)27/h2-3,5-14H,4,15-18H2,1H3,(H,28,30). The summed E-state index contributed by atoms with van der Waals surface area (Å²) in [5.74, 6) is 0.452. The predicted octanol–water partition coefficient (Wildman–Crippen LogP) is 4.61. The van der Waals surface area contributed by atoms with Gasteiger partial charge in [0.05, 0.1) is 17.7 Å². The summed E-state index contributed by atoms with van der Waals surface area (Å²) in [7, 11) is -2.64. The van der Waals surface area contributed by atoms with E-state index in [4.69, 9.17) is 4.74 Å². The molecule has 3 aromatic carbocycles. The van der Waals surface area contributed by atoms with Gasteiger partial charge < -0.3 is 10.1 Å². The van der Waals surface area contributed by atoms with Crippen molar-refractivity contribution in [3.05, 3.63) is 90.0 Å². The molecule has 3 aromatic rings. The van der Waals surface area contributed by atoms with Crippen LogP contribution in [0.5, 0.6) is 5.75 Å². The molecular weight excluding hydrogens is 494 g/mol. The van der Waals surface area contributed by atoms with Crippen molar-refractivity contribution in [2.45, 2.75) is 17.1 Å². The number of benzene rings is 3. The molecule has 186 valence electrons. The van der Waals surface area contributed by atoms with Gasteiger partial charge in [-0.3, -0.25) is 9.10 Å². The summed E-state index contributed by atoms with van der Waals surface area (Å²) >= 11 is 1.55. The molecule has 0 bridgehead atoms. The Balaban J connectivity index is 1.60. The molecule has 10 heteroatoms. The second-order valence-corrected chi connectivity index (χ2v) is 10.5. The van der Waals surface area contributed by atoms with Crippen LogP contribution >= 0.6 is 11.8 Å². The molecule has 0 aromatic heterocycles. The third-order valence-corrected chi connectivity index (χ3v) is 7.93. The Morgan fingerprint density at radius 3 is 2.34 bits per heavy atom. The van der Waals surface area contributed by atoms with E-state index in [0.717, 1.165) is 16.4 Å². The van der Waals surface area contributed by atoms with E-state index in [1.807, 2.05) is 0 Å². The van der Waals surface area contributed by atoms with Crippen molar-refractivity contribution in [1.29, 1.82) is 0 Å². The van der Waals surface area contributed by atoms with Crippen molar-refractivity contribution in [1.82, 2.24) is 5.32 Å². The van der Waals surface area contributed by atoms with Gasteiger partial charge in [0.15, 0.2) is 0 Å². The topological polar surface area (TPSA) is 75.7 Å². The average Bonchev–Trinajstić information content (AvgIpc) is 2.86. The fourth-order valence-corrected chi connectivity index (χ4v) is 5.55. The molecule has 0 aliphatic heterocycles. The molecule has 1 N–H and O–H groups in total. The Morgan fingerprint density at radius 1 is 1.00 bits per heavy atom. The normalized spacial score (nSPS) is 11.2. The molecule has 6 nitrogen and oxygen atoms in total. The van der Waals surface area contributed by atoms with Gasteiger partial charge in [-0.05, 0) is 72.3 Å². The Morgan fingerprint density at radius 2 is 1.69 bits per heavy atom. The van der Waals surface area contributed by atoms with Gasteiger partial charge in [-0.25, -0.2) is 17.2 Å². The summed E-state index contributed by atoms with van der Waals surface area (Å²) in [4.78, 5) is 12.6. The van der Waals surface area contributed by atoms with Gasteiger partial charge in [0.25, 0.3) is 10.0 Å². The molecule has 0 saturated carbocycles. The van der Waals surface area contributed by atoms with Crippen molar-refractivity contribution in [3.63, 3.8) is 0 Å². The number of anilines is 1. The lowest BCUT2D eigenvalue weighted by Crippen LogP contribution is -2.41. The molecule has 0 atom stereocenters. The number of amides is 1. The van der Waals surface area contributed by atoms with E-state index >= 15 is 0 Å². The summed E-state index contributed by atoms with van der Waals surface area (Å²) in [6.07, 6.45) is 0.632. The van der Waals surface area contributed by atoms with Crippen molar-refractivity contribution >= 4 is 33.4 Å². The van der Waals surface area contributed by atoms with Crippen LogP contribution < -0.4 is 14.4 Å². The highest BCUT2D eigenvalue weighted by Gasteiger charge is 2.27. The van der Waals surface area contributed by atoms with Gasteiger partial charge >= 0.3 is 0 Å². The highest BCUT2D eigenvalue weighted by Crippen LogP contribution is 2.25. The van der Waals surface area contributed by atoms with E-state index in [1.54, 1.807) is 30.0 Å². The van der Waals surface area contributed by atoms with Crippen molar-refractivity contribution in [3.8, 4) is 5.75 Å². The number of nitrogens with one attached hydrogen (secondary N) is 1. The zero-order chi connectivity index (χ0) is 25.3. The molecular formula is C25H26F2N2O4S2. The number of carbonyl (C=O) groups is 1. The van der Waals surface area contributed by atoms with Crippen LogP contribution in [0.15, 0.2) is 77.7 Å². The van der Waals surface area contributed by atoms with E-state index in [0.29, 0.717) is 35.8 Å². The molecule has 0 spiro atoms. The largest absolute Gasteiger partial charge is 0.497 e. The smallest absolute Gasteiger partial charge is 0.264 e. The van der Waals surface area contributed by atoms with Gasteiger partial charge in [0.1, 0.15) is 23.9 Å². The molecule has 35 heavy (non-hydrogen) atoms. The van der Waals surface area contributed by atoms with Crippen LogP contribution in [0.3, 0.4) is 0 Å². The maximum absolute atomic E-state index is 13.7. The number of hydrogen-bond donors (Lipinski definition) is 1. The molecule has 1 amide bonds. The number of carbonyl (C=O) groups excluding carboxylic acids is 1. The summed E-state index contributed by atoms with van der Waals surface area (Å²) in [5.41, 5.74) is 0.790.